The lowest BCUT2D eigenvalue weighted by molar-refractivity contribution is 0.492. The molecule has 2 unspecified atom stereocenters. The fraction of sp³-hybridized carbons (Fsp3) is 0.400. The Morgan fingerprint density at radius 3 is 2.37 bits per heavy atom. The van der Waals surface area contributed by atoms with E-state index in [1.54, 1.807) is 23.1 Å². The Kier molecular flexibility index (Phi) is 5.02. The average Bonchev–Trinajstić information content (AvgIpc) is 2.85. The summed E-state index contributed by atoms with van der Waals surface area (Å²) in [5, 5.41) is 6.86. The second-order valence-electron chi connectivity index (χ2n) is 4.71. The van der Waals surface area contributed by atoms with Crippen LogP contribution in [0.5, 0.6) is 0 Å². The molecule has 0 aliphatic heterocycles. The number of benzene rings is 1. The highest BCUT2D eigenvalue weighted by atomic mass is 32.2. The van der Waals surface area contributed by atoms with Crippen molar-refractivity contribution in [1.82, 2.24) is 10.3 Å². The molecule has 0 spiro atoms. The summed E-state index contributed by atoms with van der Waals surface area (Å²) in [5.74, 6) is 0. The Morgan fingerprint density at radius 2 is 1.84 bits per heavy atom. The first-order chi connectivity index (χ1) is 9.10. The van der Waals surface area contributed by atoms with E-state index in [9.17, 15) is 0 Å². The number of nitrogens with one attached hydrogen (secondary N) is 1. The van der Waals surface area contributed by atoms with Crippen LogP contribution in [0.4, 0.5) is 0 Å². The van der Waals surface area contributed by atoms with E-state index in [-0.39, 0.29) is 6.04 Å². The molecule has 0 bridgehead atoms. The number of thioether (sulfide) groups is 1. The first-order valence-electron chi connectivity index (χ1n) is 6.42. The molecule has 102 valence electrons. The zero-order valence-corrected chi connectivity index (χ0v) is 13.4. The molecule has 0 aliphatic rings. The first kappa shape index (κ1) is 14.6. The maximum atomic E-state index is 4.54. The van der Waals surface area contributed by atoms with Gasteiger partial charge in [-0.3, -0.25) is 0 Å². The van der Waals surface area contributed by atoms with Crippen LogP contribution in [-0.2, 0) is 0 Å². The smallest absolute Gasteiger partial charge is 0.110 e. The predicted molar refractivity (Wildman–Crippen MR) is 85.0 cm³/mol. The lowest BCUT2D eigenvalue weighted by atomic mass is 10.1. The summed E-state index contributed by atoms with van der Waals surface area (Å²) in [5.41, 5.74) is 2.42. The molecule has 2 atom stereocenters. The minimum absolute atomic E-state index is 0.286. The zero-order valence-electron chi connectivity index (χ0n) is 11.8. The minimum Gasteiger partial charge on any atom is -0.302 e. The molecule has 4 heteroatoms. The van der Waals surface area contributed by atoms with Crippen molar-refractivity contribution in [1.29, 1.82) is 0 Å². The summed E-state index contributed by atoms with van der Waals surface area (Å²) in [6, 6.07) is 9.36. The maximum Gasteiger partial charge on any atom is 0.110 e. The van der Waals surface area contributed by atoms with Crippen LogP contribution >= 0.6 is 23.1 Å². The lowest BCUT2D eigenvalue weighted by Gasteiger charge is -2.19. The van der Waals surface area contributed by atoms with Gasteiger partial charge in [-0.05, 0) is 44.7 Å². The number of aromatic nitrogens is 1. The summed E-state index contributed by atoms with van der Waals surface area (Å²) in [6.07, 6.45) is 2.10. The Hall–Kier alpha value is -0.840. The second-order valence-corrected chi connectivity index (χ2v) is 6.48. The normalized spacial score (nSPS) is 14.3. The summed E-state index contributed by atoms with van der Waals surface area (Å²) in [6.45, 7) is 6.41. The van der Waals surface area contributed by atoms with Crippen molar-refractivity contribution in [2.24, 2.45) is 0 Å². The average molecular weight is 292 g/mol. The van der Waals surface area contributed by atoms with Gasteiger partial charge in [0, 0.05) is 22.0 Å². The number of hydrogen-bond acceptors (Lipinski definition) is 4. The number of nitrogens with zero attached hydrogens (tertiary/aromatic N) is 1. The molecule has 0 saturated carbocycles. The monoisotopic (exact) mass is 292 g/mol. The number of aryl methyl sites for hydroxylation is 1. The van der Waals surface area contributed by atoms with E-state index in [0.29, 0.717) is 6.04 Å². The highest BCUT2D eigenvalue weighted by Gasteiger charge is 2.13. The number of rotatable bonds is 5. The van der Waals surface area contributed by atoms with E-state index >= 15 is 0 Å². The van der Waals surface area contributed by atoms with Gasteiger partial charge in [0.1, 0.15) is 5.01 Å². The van der Waals surface area contributed by atoms with E-state index in [1.165, 1.54) is 10.5 Å². The van der Waals surface area contributed by atoms with Crippen molar-refractivity contribution in [3.05, 3.63) is 45.9 Å². The van der Waals surface area contributed by atoms with E-state index < -0.39 is 0 Å². The molecule has 1 aromatic carbocycles. The van der Waals surface area contributed by atoms with Gasteiger partial charge in [-0.25, -0.2) is 4.98 Å². The van der Waals surface area contributed by atoms with Crippen molar-refractivity contribution in [2.75, 3.05) is 6.26 Å². The maximum absolute atomic E-state index is 4.54. The third kappa shape index (κ3) is 3.81. The molecule has 0 fully saturated rings. The van der Waals surface area contributed by atoms with Crippen LogP contribution in [0.25, 0.3) is 0 Å². The van der Waals surface area contributed by atoms with E-state index in [1.807, 2.05) is 6.92 Å². The molecule has 2 nitrogen and oxygen atoms in total. The van der Waals surface area contributed by atoms with E-state index in [0.717, 1.165) is 10.7 Å². The summed E-state index contributed by atoms with van der Waals surface area (Å²) in [7, 11) is 0. The molecular formula is C15H20N2S2. The van der Waals surface area contributed by atoms with Crippen LogP contribution < -0.4 is 5.32 Å². The molecule has 0 amide bonds. The Bertz CT molecular complexity index is 519. The SMILES string of the molecule is CSc1ccc(C(C)NC(C)c2nc(C)cs2)cc1. The highest BCUT2D eigenvalue weighted by molar-refractivity contribution is 7.98. The molecule has 2 rings (SSSR count). The van der Waals surface area contributed by atoms with Crippen LogP contribution in [0.1, 0.15) is 42.2 Å². The van der Waals surface area contributed by atoms with Crippen molar-refractivity contribution in [3.8, 4) is 0 Å². The second kappa shape index (κ2) is 6.55. The van der Waals surface area contributed by atoms with E-state index in [4.69, 9.17) is 0 Å². The van der Waals surface area contributed by atoms with Crippen molar-refractivity contribution in [3.63, 3.8) is 0 Å². The zero-order chi connectivity index (χ0) is 13.8. The highest BCUT2D eigenvalue weighted by Crippen LogP contribution is 2.23. The Balaban J connectivity index is 2.01. The molecule has 0 radical (unpaired) electrons. The summed E-state index contributed by atoms with van der Waals surface area (Å²) >= 11 is 3.50. The number of hydrogen-bond donors (Lipinski definition) is 1. The molecular weight excluding hydrogens is 272 g/mol. The van der Waals surface area contributed by atoms with Crippen LogP contribution in [0.15, 0.2) is 34.5 Å². The van der Waals surface area contributed by atoms with Crippen LogP contribution in [0.3, 0.4) is 0 Å². The Labute approximate surface area is 123 Å². The predicted octanol–water partition coefficient (Wildman–Crippen LogP) is 4.59. The van der Waals surface area contributed by atoms with Crippen molar-refractivity contribution >= 4 is 23.1 Å². The van der Waals surface area contributed by atoms with Gasteiger partial charge in [0.05, 0.1) is 6.04 Å². The molecule has 0 saturated heterocycles. The molecule has 19 heavy (non-hydrogen) atoms. The fourth-order valence-corrected chi connectivity index (χ4v) is 3.23. The molecule has 0 aliphatic carbocycles. The lowest BCUT2D eigenvalue weighted by Crippen LogP contribution is -2.22. The van der Waals surface area contributed by atoms with Gasteiger partial charge in [0.2, 0.25) is 0 Å². The standard InChI is InChI=1S/C15H20N2S2/c1-10-9-19-15(16-10)12(3)17-11(2)13-5-7-14(18-4)8-6-13/h5-9,11-12,17H,1-4H3. The van der Waals surface area contributed by atoms with Crippen LogP contribution in [0.2, 0.25) is 0 Å². The Morgan fingerprint density at radius 1 is 1.16 bits per heavy atom. The van der Waals surface area contributed by atoms with Crippen molar-refractivity contribution in [2.45, 2.75) is 37.8 Å². The molecule has 1 N–H and O–H groups in total. The quantitative estimate of drug-likeness (QED) is 0.816. The molecule has 2 aromatic rings. The molecule has 1 heterocycles. The summed E-state index contributed by atoms with van der Waals surface area (Å²) in [4.78, 5) is 5.84. The molecule has 1 aromatic heterocycles. The van der Waals surface area contributed by atoms with Crippen LogP contribution in [-0.4, -0.2) is 11.2 Å². The minimum atomic E-state index is 0.286. The first-order valence-corrected chi connectivity index (χ1v) is 8.52. The largest absolute Gasteiger partial charge is 0.302 e. The third-order valence-electron chi connectivity index (χ3n) is 3.12. The van der Waals surface area contributed by atoms with Gasteiger partial charge in [-0.2, -0.15) is 0 Å². The third-order valence-corrected chi connectivity index (χ3v) is 5.01. The van der Waals surface area contributed by atoms with Gasteiger partial charge >= 0.3 is 0 Å². The van der Waals surface area contributed by atoms with Gasteiger partial charge < -0.3 is 5.32 Å². The summed E-state index contributed by atoms with van der Waals surface area (Å²) < 4.78 is 0. The van der Waals surface area contributed by atoms with Gasteiger partial charge in [0.25, 0.3) is 0 Å². The van der Waals surface area contributed by atoms with Gasteiger partial charge in [0.15, 0.2) is 0 Å². The van der Waals surface area contributed by atoms with Gasteiger partial charge in [-0.15, -0.1) is 23.1 Å². The van der Waals surface area contributed by atoms with Gasteiger partial charge in [-0.1, -0.05) is 12.1 Å². The van der Waals surface area contributed by atoms with E-state index in [2.05, 4.69) is 60.0 Å². The number of thiazole rings is 1. The van der Waals surface area contributed by atoms with Crippen LogP contribution in [0, 0.1) is 6.92 Å². The topological polar surface area (TPSA) is 24.9 Å². The fourth-order valence-electron chi connectivity index (χ4n) is 2.01. The van der Waals surface area contributed by atoms with Crippen molar-refractivity contribution < 1.29 is 0 Å².